The van der Waals surface area contributed by atoms with Crippen molar-refractivity contribution in [1.82, 2.24) is 20.2 Å². The SMILES string of the molecule is CC(=C(CC(O)C(=O)NCCNc1cccc2c(N(C)C)cccc12)C(C)C(S)S)N(C=O)Cc1cnc(C)nc1N. The molecule has 12 heteroatoms. The summed E-state index contributed by atoms with van der Waals surface area (Å²) in [6.45, 7) is 6.29. The average Bonchev–Trinajstić information content (AvgIpc) is 2.96. The predicted octanol–water partition coefficient (Wildman–Crippen LogP) is 3.62. The fraction of sp³-hybridized carbons (Fsp3) is 0.400. The average molecular weight is 612 g/mol. The fourth-order valence-corrected chi connectivity index (χ4v) is 5.08. The molecule has 0 fully saturated rings. The van der Waals surface area contributed by atoms with Crippen molar-refractivity contribution in [2.24, 2.45) is 5.92 Å². The number of hydrogen-bond acceptors (Lipinski definition) is 10. The van der Waals surface area contributed by atoms with E-state index in [0.717, 1.165) is 22.1 Å². The van der Waals surface area contributed by atoms with E-state index >= 15 is 0 Å². The number of aromatic nitrogens is 2. The van der Waals surface area contributed by atoms with Crippen LogP contribution >= 0.6 is 25.3 Å². The lowest BCUT2D eigenvalue weighted by Crippen LogP contribution is -2.38. The molecular weight excluding hydrogens is 571 g/mol. The van der Waals surface area contributed by atoms with Crippen molar-refractivity contribution in [1.29, 1.82) is 0 Å². The smallest absolute Gasteiger partial charge is 0.249 e. The highest BCUT2D eigenvalue weighted by Gasteiger charge is 2.26. The number of aliphatic hydroxyl groups is 1. The van der Waals surface area contributed by atoms with Crippen molar-refractivity contribution in [2.75, 3.05) is 43.1 Å². The van der Waals surface area contributed by atoms with Crippen LogP contribution in [-0.2, 0) is 16.1 Å². The molecule has 0 radical (unpaired) electrons. The number of anilines is 3. The standard InChI is InChI=1S/C30H41N7O3S2/c1-18(30(41)42)24(19(2)37(17-38)16-21-15-34-20(3)35-28(21)31)14-27(39)29(40)33-13-12-32-25-10-6-9-23-22(25)8-7-11-26(23)36(4)5/h6-11,15,17-18,27,30,32,39,41-42H,12-14,16H2,1-5H3,(H,33,40)(H2,31,34,35). The second-order valence-corrected chi connectivity index (χ2v) is 11.9. The Balaban J connectivity index is 1.67. The number of nitrogens with one attached hydrogen (secondary N) is 2. The van der Waals surface area contributed by atoms with Gasteiger partial charge in [0.2, 0.25) is 12.3 Å². The van der Waals surface area contributed by atoms with Gasteiger partial charge in [-0.1, -0.05) is 31.2 Å². The first-order valence-electron chi connectivity index (χ1n) is 13.7. The number of aryl methyl sites for hydroxylation is 1. The number of rotatable bonds is 14. The number of hydrogen-bond donors (Lipinski definition) is 6. The summed E-state index contributed by atoms with van der Waals surface area (Å²) < 4.78 is -0.385. The van der Waals surface area contributed by atoms with Gasteiger partial charge in [-0.25, -0.2) is 9.97 Å². The Morgan fingerprint density at radius 1 is 1.14 bits per heavy atom. The van der Waals surface area contributed by atoms with Crippen molar-refractivity contribution >= 4 is 65.5 Å². The summed E-state index contributed by atoms with van der Waals surface area (Å²) in [5.41, 5.74) is 9.96. The fourth-order valence-electron chi connectivity index (χ4n) is 4.72. The minimum atomic E-state index is -1.33. The Morgan fingerprint density at radius 2 is 1.83 bits per heavy atom. The number of benzene rings is 2. The van der Waals surface area contributed by atoms with Crippen molar-refractivity contribution in [3.8, 4) is 0 Å². The highest BCUT2D eigenvalue weighted by atomic mass is 32.2. The van der Waals surface area contributed by atoms with Gasteiger partial charge in [-0.05, 0) is 37.5 Å². The summed E-state index contributed by atoms with van der Waals surface area (Å²) in [5.74, 6) is 0.0511. The molecule has 0 saturated heterocycles. The van der Waals surface area contributed by atoms with Crippen molar-refractivity contribution in [3.63, 3.8) is 0 Å². The van der Waals surface area contributed by atoms with E-state index in [4.69, 9.17) is 5.73 Å². The molecule has 0 aliphatic carbocycles. The third kappa shape index (κ3) is 8.30. The van der Waals surface area contributed by atoms with E-state index < -0.39 is 12.0 Å². The Kier molecular flexibility index (Phi) is 11.9. The van der Waals surface area contributed by atoms with Gasteiger partial charge in [0.15, 0.2) is 0 Å². The number of nitrogens with zero attached hydrogens (tertiary/aromatic N) is 4. The highest BCUT2D eigenvalue weighted by Crippen LogP contribution is 2.31. The first-order chi connectivity index (χ1) is 19.9. The largest absolute Gasteiger partial charge is 0.383 e. The number of amides is 2. The van der Waals surface area contributed by atoms with Crippen LogP contribution in [0.2, 0.25) is 0 Å². The molecule has 0 aliphatic rings. The van der Waals surface area contributed by atoms with Crippen molar-refractivity contribution in [3.05, 3.63) is 65.3 Å². The maximum Gasteiger partial charge on any atom is 0.249 e. The zero-order valence-electron chi connectivity index (χ0n) is 24.7. The molecule has 1 aromatic heterocycles. The first-order valence-corrected chi connectivity index (χ1v) is 14.7. The van der Waals surface area contributed by atoms with Gasteiger partial charge in [0, 0.05) is 73.2 Å². The normalized spacial score (nSPS) is 13.4. The zero-order chi connectivity index (χ0) is 31.0. The third-order valence-corrected chi connectivity index (χ3v) is 8.11. The summed E-state index contributed by atoms with van der Waals surface area (Å²) in [7, 11) is 4.02. The molecule has 226 valence electrons. The van der Waals surface area contributed by atoms with Crippen LogP contribution in [0.4, 0.5) is 17.2 Å². The minimum Gasteiger partial charge on any atom is -0.383 e. The van der Waals surface area contributed by atoms with Gasteiger partial charge in [-0.15, -0.1) is 0 Å². The molecule has 0 aliphatic heterocycles. The molecule has 1 heterocycles. The number of thiol groups is 2. The first kappa shape index (κ1) is 33.0. The maximum atomic E-state index is 12.9. The summed E-state index contributed by atoms with van der Waals surface area (Å²) in [4.78, 5) is 36.8. The number of aliphatic hydroxyl groups excluding tert-OH is 1. The van der Waals surface area contributed by atoms with Crippen LogP contribution in [0, 0.1) is 12.8 Å². The lowest BCUT2D eigenvalue weighted by Gasteiger charge is -2.28. The molecule has 42 heavy (non-hydrogen) atoms. The van der Waals surface area contributed by atoms with E-state index in [1.165, 1.54) is 4.90 Å². The van der Waals surface area contributed by atoms with E-state index in [2.05, 4.69) is 69.0 Å². The zero-order valence-corrected chi connectivity index (χ0v) is 26.5. The number of nitrogen functional groups attached to an aromatic ring is 1. The number of carbonyl (C=O) groups is 2. The highest BCUT2D eigenvalue weighted by molar-refractivity contribution is 7.99. The van der Waals surface area contributed by atoms with Crippen LogP contribution in [0.5, 0.6) is 0 Å². The topological polar surface area (TPSA) is 137 Å². The van der Waals surface area contributed by atoms with Gasteiger partial charge in [0.05, 0.1) is 11.1 Å². The molecule has 10 nitrogen and oxygen atoms in total. The Hall–Kier alpha value is -3.48. The second-order valence-electron chi connectivity index (χ2n) is 10.4. The molecule has 2 unspecified atom stereocenters. The molecule has 2 amide bonds. The Bertz CT molecular complexity index is 1430. The van der Waals surface area contributed by atoms with Crippen LogP contribution in [0.1, 0.15) is 31.7 Å². The van der Waals surface area contributed by atoms with Gasteiger partial charge >= 0.3 is 0 Å². The lowest BCUT2D eigenvalue weighted by atomic mass is 9.94. The second kappa shape index (κ2) is 15.1. The maximum absolute atomic E-state index is 12.9. The van der Waals surface area contributed by atoms with Crippen molar-refractivity contribution < 1.29 is 14.7 Å². The van der Waals surface area contributed by atoms with Gasteiger partial charge in [0.1, 0.15) is 17.7 Å². The number of allylic oxidation sites excluding steroid dienone is 1. The summed E-state index contributed by atoms with van der Waals surface area (Å²) in [6.07, 6.45) is 0.935. The molecule has 2 atom stereocenters. The van der Waals surface area contributed by atoms with E-state index in [-0.39, 0.29) is 29.3 Å². The predicted molar refractivity (Wildman–Crippen MR) is 177 cm³/mol. The lowest BCUT2D eigenvalue weighted by molar-refractivity contribution is -0.129. The van der Waals surface area contributed by atoms with Gasteiger partial charge in [0.25, 0.3) is 0 Å². The molecular formula is C30H41N7O3S2. The van der Waals surface area contributed by atoms with Crippen LogP contribution in [0.25, 0.3) is 10.8 Å². The number of nitrogens with two attached hydrogens (primary N) is 1. The summed E-state index contributed by atoms with van der Waals surface area (Å²) in [5, 5.41) is 19.3. The monoisotopic (exact) mass is 611 g/mol. The molecule has 3 aromatic rings. The summed E-state index contributed by atoms with van der Waals surface area (Å²) >= 11 is 8.92. The van der Waals surface area contributed by atoms with E-state index in [1.54, 1.807) is 20.0 Å². The van der Waals surface area contributed by atoms with E-state index in [1.807, 2.05) is 39.2 Å². The quantitative estimate of drug-likeness (QED) is 0.0704. The summed E-state index contributed by atoms with van der Waals surface area (Å²) in [6, 6.07) is 12.2. The van der Waals surface area contributed by atoms with Gasteiger partial charge in [-0.2, -0.15) is 25.3 Å². The van der Waals surface area contributed by atoms with Crippen LogP contribution < -0.4 is 21.3 Å². The number of carbonyl (C=O) groups excluding carboxylic acids is 2. The Labute approximate surface area is 258 Å². The minimum absolute atomic E-state index is 0.00470. The molecule has 3 rings (SSSR count). The third-order valence-electron chi connectivity index (χ3n) is 7.22. The van der Waals surface area contributed by atoms with Crippen LogP contribution in [0.3, 0.4) is 0 Å². The molecule has 0 spiro atoms. The molecule has 2 aromatic carbocycles. The van der Waals surface area contributed by atoms with E-state index in [0.29, 0.717) is 42.2 Å². The molecule has 5 N–H and O–H groups in total. The van der Waals surface area contributed by atoms with Crippen molar-refractivity contribution in [2.45, 2.75) is 44.4 Å². The number of fused-ring (bicyclic) bond motifs is 1. The van der Waals surface area contributed by atoms with E-state index in [9.17, 15) is 14.7 Å². The van der Waals surface area contributed by atoms with Gasteiger partial charge < -0.3 is 31.3 Å². The Morgan fingerprint density at radius 3 is 2.48 bits per heavy atom. The van der Waals surface area contributed by atoms with Crippen LogP contribution in [-0.4, -0.2) is 70.2 Å². The van der Waals surface area contributed by atoms with Crippen LogP contribution in [0.15, 0.2) is 53.9 Å². The molecule has 0 bridgehead atoms. The molecule has 0 saturated carbocycles. The van der Waals surface area contributed by atoms with Gasteiger partial charge in [-0.3, -0.25) is 9.59 Å².